The van der Waals surface area contributed by atoms with E-state index in [4.69, 9.17) is 12.2 Å². The van der Waals surface area contributed by atoms with E-state index < -0.39 is 20.9 Å². The molecule has 0 unspecified atom stereocenters. The van der Waals surface area contributed by atoms with Crippen molar-refractivity contribution in [2.24, 2.45) is 0 Å². The Balaban J connectivity index is 1.56. The first-order chi connectivity index (χ1) is 15.7. The van der Waals surface area contributed by atoms with Gasteiger partial charge in [0, 0.05) is 29.6 Å². The molecule has 0 radical (unpaired) electrons. The van der Waals surface area contributed by atoms with Gasteiger partial charge in [-0.05, 0) is 60.3 Å². The molecule has 3 aromatic carbocycles. The fourth-order valence-corrected chi connectivity index (χ4v) is 3.94. The van der Waals surface area contributed by atoms with Gasteiger partial charge in [-0.3, -0.25) is 24.9 Å². The zero-order valence-electron chi connectivity index (χ0n) is 17.0. The molecule has 3 N–H and O–H groups in total. The van der Waals surface area contributed by atoms with Crippen LogP contribution in [-0.2, 0) is 14.8 Å². The van der Waals surface area contributed by atoms with Gasteiger partial charge in [-0.1, -0.05) is 30.3 Å². The predicted molar refractivity (Wildman–Crippen MR) is 130 cm³/mol. The molecule has 0 spiro atoms. The zero-order valence-corrected chi connectivity index (χ0v) is 18.6. The number of rotatable bonds is 7. The van der Waals surface area contributed by atoms with E-state index in [0.29, 0.717) is 16.9 Å². The van der Waals surface area contributed by atoms with Crippen LogP contribution in [0.3, 0.4) is 0 Å². The van der Waals surface area contributed by atoms with Crippen LogP contribution in [0.25, 0.3) is 6.08 Å². The molecule has 1 amide bonds. The lowest BCUT2D eigenvalue weighted by Gasteiger charge is -2.10. The molecule has 168 valence electrons. The zero-order chi connectivity index (χ0) is 23.8. The van der Waals surface area contributed by atoms with Gasteiger partial charge in [0.25, 0.3) is 15.7 Å². The Labute approximate surface area is 195 Å². The molecule has 0 bridgehead atoms. The van der Waals surface area contributed by atoms with E-state index in [-0.39, 0.29) is 15.7 Å². The van der Waals surface area contributed by atoms with Gasteiger partial charge in [-0.25, -0.2) is 8.42 Å². The summed E-state index contributed by atoms with van der Waals surface area (Å²) in [5, 5.41) is 16.0. The van der Waals surface area contributed by atoms with Gasteiger partial charge < -0.3 is 5.32 Å². The van der Waals surface area contributed by atoms with Crippen molar-refractivity contribution >= 4 is 56.4 Å². The Morgan fingerprint density at radius 2 is 1.64 bits per heavy atom. The minimum absolute atomic E-state index is 0.00158. The Morgan fingerprint density at radius 3 is 2.30 bits per heavy atom. The van der Waals surface area contributed by atoms with E-state index in [0.717, 1.165) is 0 Å². The van der Waals surface area contributed by atoms with E-state index in [9.17, 15) is 23.3 Å². The Kier molecular flexibility index (Phi) is 7.49. The first kappa shape index (κ1) is 23.6. The Hall–Kier alpha value is -4.09. The number of nitro benzene ring substituents is 1. The lowest BCUT2D eigenvalue weighted by molar-refractivity contribution is -0.384. The summed E-state index contributed by atoms with van der Waals surface area (Å²) in [6.45, 7) is 0. The average Bonchev–Trinajstić information content (AvgIpc) is 2.78. The number of sulfonamides is 1. The molecule has 3 rings (SSSR count). The second kappa shape index (κ2) is 10.5. The van der Waals surface area contributed by atoms with Crippen LogP contribution < -0.4 is 15.4 Å². The van der Waals surface area contributed by atoms with Crippen LogP contribution in [0.2, 0.25) is 0 Å². The Morgan fingerprint density at radius 1 is 0.939 bits per heavy atom. The number of carbonyl (C=O) groups is 1. The van der Waals surface area contributed by atoms with Crippen molar-refractivity contribution in [1.82, 2.24) is 5.32 Å². The summed E-state index contributed by atoms with van der Waals surface area (Å²) in [6.07, 6.45) is 2.61. The maximum atomic E-state index is 12.5. The molecule has 0 heterocycles. The average molecular weight is 483 g/mol. The van der Waals surface area contributed by atoms with Gasteiger partial charge in [-0.2, -0.15) is 0 Å². The quantitative estimate of drug-likeness (QED) is 0.201. The van der Waals surface area contributed by atoms with Crippen molar-refractivity contribution in [2.75, 3.05) is 10.0 Å². The van der Waals surface area contributed by atoms with Crippen LogP contribution in [0, 0.1) is 10.1 Å². The summed E-state index contributed by atoms with van der Waals surface area (Å²) in [5.41, 5.74) is 1.32. The largest absolute Gasteiger partial charge is 0.332 e. The molecular weight excluding hydrogens is 464 g/mol. The lowest BCUT2D eigenvalue weighted by atomic mass is 10.2. The summed E-state index contributed by atoms with van der Waals surface area (Å²) in [7, 11) is -3.75. The van der Waals surface area contributed by atoms with Gasteiger partial charge in [0.15, 0.2) is 5.11 Å². The van der Waals surface area contributed by atoms with E-state index >= 15 is 0 Å². The topological polar surface area (TPSA) is 130 Å². The summed E-state index contributed by atoms with van der Waals surface area (Å²) in [4.78, 5) is 22.4. The smallest absolute Gasteiger partial charge is 0.270 e. The first-order valence-electron chi connectivity index (χ1n) is 9.45. The molecule has 0 aliphatic carbocycles. The highest BCUT2D eigenvalue weighted by Gasteiger charge is 2.14. The number of nitrogens with zero attached hydrogens (tertiary/aromatic N) is 1. The highest BCUT2D eigenvalue weighted by molar-refractivity contribution is 7.92. The third-order valence-electron chi connectivity index (χ3n) is 4.19. The van der Waals surface area contributed by atoms with Gasteiger partial charge >= 0.3 is 0 Å². The first-order valence-corrected chi connectivity index (χ1v) is 11.3. The van der Waals surface area contributed by atoms with Crippen LogP contribution in [0.15, 0.2) is 89.8 Å². The number of nitrogens with one attached hydrogen (secondary N) is 3. The van der Waals surface area contributed by atoms with Crippen molar-refractivity contribution < 1.29 is 18.1 Å². The van der Waals surface area contributed by atoms with Crippen molar-refractivity contribution in [1.29, 1.82) is 0 Å². The number of hydrogen-bond acceptors (Lipinski definition) is 6. The number of para-hydroxylation sites is 1. The van der Waals surface area contributed by atoms with E-state index in [1.807, 2.05) is 0 Å². The summed E-state index contributed by atoms with van der Waals surface area (Å²) < 4.78 is 27.4. The predicted octanol–water partition coefficient (Wildman–Crippen LogP) is 3.92. The standard InChI is InChI=1S/C22H18N4O5S2/c27-21(14-9-16-5-4-8-19(15-16)26(28)29)24-22(32)23-17-10-12-20(13-11-17)33(30,31)25-18-6-2-1-3-7-18/h1-15,25H,(H2,23,24,27,32)/b14-9+. The Bertz CT molecular complexity index is 1310. The molecule has 0 aliphatic heterocycles. The number of anilines is 2. The monoisotopic (exact) mass is 482 g/mol. The summed E-state index contributed by atoms with van der Waals surface area (Å²) in [5.74, 6) is -0.537. The number of nitro groups is 1. The van der Waals surface area contributed by atoms with E-state index in [1.54, 1.807) is 36.4 Å². The number of carbonyl (C=O) groups excluding carboxylic acids is 1. The molecule has 9 nitrogen and oxygen atoms in total. The van der Waals surface area contributed by atoms with E-state index in [1.165, 1.54) is 54.6 Å². The number of non-ortho nitro benzene ring substituents is 1. The number of benzene rings is 3. The number of amides is 1. The molecule has 0 fully saturated rings. The SMILES string of the molecule is O=C(/C=C/c1cccc([N+](=O)[O-])c1)NC(=S)Nc1ccc(S(=O)(=O)Nc2ccccc2)cc1. The second-order valence-electron chi connectivity index (χ2n) is 6.62. The molecule has 0 aliphatic rings. The highest BCUT2D eigenvalue weighted by atomic mass is 32.2. The molecule has 0 saturated heterocycles. The molecule has 33 heavy (non-hydrogen) atoms. The minimum Gasteiger partial charge on any atom is -0.332 e. The highest BCUT2D eigenvalue weighted by Crippen LogP contribution is 2.18. The molecule has 0 atom stereocenters. The van der Waals surface area contributed by atoms with Crippen molar-refractivity contribution in [2.45, 2.75) is 4.90 Å². The maximum Gasteiger partial charge on any atom is 0.270 e. The van der Waals surface area contributed by atoms with Crippen molar-refractivity contribution in [3.05, 3.63) is 101 Å². The van der Waals surface area contributed by atoms with Crippen LogP contribution in [0.1, 0.15) is 5.56 Å². The van der Waals surface area contributed by atoms with Gasteiger partial charge in [0.2, 0.25) is 5.91 Å². The van der Waals surface area contributed by atoms with Gasteiger partial charge in [0.1, 0.15) is 0 Å². The number of thiocarbonyl (C=S) groups is 1. The number of hydrogen-bond donors (Lipinski definition) is 3. The van der Waals surface area contributed by atoms with Crippen LogP contribution in [0.4, 0.5) is 17.1 Å². The third-order valence-corrected chi connectivity index (χ3v) is 5.79. The molecule has 0 saturated carbocycles. The van der Waals surface area contributed by atoms with Gasteiger partial charge in [0.05, 0.1) is 9.82 Å². The normalized spacial score (nSPS) is 11.0. The molecular formula is C22H18N4O5S2. The molecule has 3 aromatic rings. The minimum atomic E-state index is -3.75. The fraction of sp³-hybridized carbons (Fsp3) is 0. The molecule has 0 aromatic heterocycles. The van der Waals surface area contributed by atoms with Crippen LogP contribution in [0.5, 0.6) is 0 Å². The van der Waals surface area contributed by atoms with Crippen LogP contribution >= 0.6 is 12.2 Å². The molecule has 11 heteroatoms. The fourth-order valence-electron chi connectivity index (χ4n) is 2.67. The summed E-state index contributed by atoms with van der Waals surface area (Å²) in [6, 6.07) is 20.2. The van der Waals surface area contributed by atoms with E-state index in [2.05, 4.69) is 15.4 Å². The van der Waals surface area contributed by atoms with Gasteiger partial charge in [-0.15, -0.1) is 0 Å². The second-order valence-corrected chi connectivity index (χ2v) is 8.72. The van der Waals surface area contributed by atoms with Crippen molar-refractivity contribution in [3.8, 4) is 0 Å². The van der Waals surface area contributed by atoms with Crippen LogP contribution in [-0.4, -0.2) is 24.4 Å². The summed E-state index contributed by atoms with van der Waals surface area (Å²) >= 11 is 5.09. The van der Waals surface area contributed by atoms with Crippen molar-refractivity contribution in [3.63, 3.8) is 0 Å². The third kappa shape index (κ3) is 6.95. The lowest BCUT2D eigenvalue weighted by Crippen LogP contribution is -2.32. The maximum absolute atomic E-state index is 12.5.